The minimum absolute atomic E-state index is 0.258. The van der Waals surface area contributed by atoms with Crippen molar-refractivity contribution >= 4 is 62.1 Å². The first-order chi connectivity index (χ1) is 10.1. The van der Waals surface area contributed by atoms with E-state index in [1.54, 1.807) is 19.2 Å². The second-order valence-electron chi connectivity index (χ2n) is 4.40. The maximum atomic E-state index is 11.6. The van der Waals surface area contributed by atoms with E-state index in [0.29, 0.717) is 5.56 Å². The number of rotatable bonds is 1. The van der Waals surface area contributed by atoms with Gasteiger partial charge in [0.15, 0.2) is 0 Å². The number of halogens is 6. The summed E-state index contributed by atoms with van der Waals surface area (Å²) in [6.07, 6.45) is 0. The average molecular weight is 554 g/mol. The van der Waals surface area contributed by atoms with E-state index in [2.05, 4.69) is 0 Å². The summed E-state index contributed by atoms with van der Waals surface area (Å²) in [7, 11) is 27.9. The Labute approximate surface area is 151 Å². The normalized spacial score (nSPS) is 14.3. The Bertz CT molecular complexity index is 816. The van der Waals surface area contributed by atoms with E-state index in [0.717, 1.165) is 4.57 Å². The van der Waals surface area contributed by atoms with E-state index < -0.39 is 20.6 Å². The summed E-state index contributed by atoms with van der Waals surface area (Å²) in [5.74, 6) is -0.407. The second-order valence-corrected chi connectivity index (χ2v) is 61.3. The van der Waals surface area contributed by atoms with Crippen LogP contribution in [-0.2, 0) is 14.1 Å². The minimum atomic E-state index is -5.42. The SMILES string of the molecule is Cn1c(=O)oc(-c2ccccc2)[n+](C)c1=O.[Cl][Sb-]([Cl])([Cl])([Cl])([Cl])[Cl]. The fourth-order valence-electron chi connectivity index (χ4n) is 1.44. The maximum absolute atomic E-state index is 11.6. The van der Waals surface area contributed by atoms with Crippen LogP contribution in [0.4, 0.5) is 0 Å². The van der Waals surface area contributed by atoms with Gasteiger partial charge in [0.2, 0.25) is 0 Å². The molecule has 0 N–H and O–H groups in total. The number of hydrogen-bond donors (Lipinski definition) is 0. The van der Waals surface area contributed by atoms with Crippen LogP contribution < -0.4 is 16.0 Å². The molecule has 0 amide bonds. The fraction of sp³-hybridized carbons (Fsp3) is 0.182. The van der Waals surface area contributed by atoms with Crippen molar-refractivity contribution in [2.75, 3.05) is 0 Å². The first kappa shape index (κ1) is 21.4. The zero-order valence-electron chi connectivity index (χ0n) is 11.7. The van der Waals surface area contributed by atoms with Gasteiger partial charge in [0.05, 0.1) is 19.7 Å². The molecule has 0 spiro atoms. The van der Waals surface area contributed by atoms with Gasteiger partial charge >= 0.3 is 79.5 Å². The molecule has 12 heteroatoms. The molecule has 0 saturated heterocycles. The summed E-state index contributed by atoms with van der Waals surface area (Å²) in [5, 5.41) is 0. The zero-order valence-corrected chi connectivity index (χ0v) is 18.8. The van der Waals surface area contributed by atoms with Crippen LogP contribution in [0.2, 0.25) is 0 Å². The van der Waals surface area contributed by atoms with Crippen molar-refractivity contribution in [3.05, 3.63) is 51.4 Å². The van der Waals surface area contributed by atoms with E-state index in [4.69, 9.17) is 57.4 Å². The molecule has 0 atom stereocenters. The summed E-state index contributed by atoms with van der Waals surface area (Å²) in [5.41, 5.74) is 0.287. The van der Waals surface area contributed by atoms with Crippen molar-refractivity contribution < 1.29 is 8.98 Å². The number of nitrogens with zero attached hydrogens (tertiary/aromatic N) is 2. The third kappa shape index (κ3) is 8.87. The molecule has 130 valence electrons. The molecule has 0 bridgehead atoms. The van der Waals surface area contributed by atoms with E-state index in [1.807, 2.05) is 18.2 Å². The molecule has 0 aliphatic heterocycles. The van der Waals surface area contributed by atoms with Crippen molar-refractivity contribution in [2.24, 2.45) is 14.1 Å². The van der Waals surface area contributed by atoms with Crippen LogP contribution in [0.5, 0.6) is 0 Å². The molecular weight excluding hydrogens is 543 g/mol. The quantitative estimate of drug-likeness (QED) is 0.401. The van der Waals surface area contributed by atoms with Gasteiger partial charge in [-0.05, 0) is 12.1 Å². The Morgan fingerprint density at radius 2 is 1.43 bits per heavy atom. The molecule has 1 heterocycles. The van der Waals surface area contributed by atoms with Gasteiger partial charge in [-0.1, -0.05) is 18.2 Å². The van der Waals surface area contributed by atoms with Gasteiger partial charge in [0, 0.05) is 0 Å². The van der Waals surface area contributed by atoms with E-state index in [9.17, 15) is 9.59 Å². The van der Waals surface area contributed by atoms with Crippen LogP contribution in [0.25, 0.3) is 11.5 Å². The van der Waals surface area contributed by atoms with Crippen molar-refractivity contribution in [3.63, 3.8) is 0 Å². The molecule has 0 unspecified atom stereocenters. The third-order valence-electron chi connectivity index (χ3n) is 2.36. The molecule has 0 saturated carbocycles. The van der Waals surface area contributed by atoms with Gasteiger partial charge in [-0.25, -0.2) is 0 Å². The first-order valence-electron chi connectivity index (χ1n) is 5.78. The fourth-order valence-corrected chi connectivity index (χ4v) is 1.44. The summed E-state index contributed by atoms with van der Waals surface area (Å²) in [4.78, 5) is 23.0. The molecule has 0 aliphatic rings. The molecular formula is C11H11Cl6N2O3Sb. The first-order valence-corrected chi connectivity index (χ1v) is 25.2. The number of aromatic nitrogens is 2. The molecule has 0 fully saturated rings. The topological polar surface area (TPSA) is 56.1 Å². The van der Waals surface area contributed by atoms with Gasteiger partial charge in [-0.3, -0.25) is 0 Å². The van der Waals surface area contributed by atoms with Crippen LogP contribution in [0.3, 0.4) is 0 Å². The molecule has 0 aliphatic carbocycles. The van der Waals surface area contributed by atoms with Crippen molar-refractivity contribution in [3.8, 4) is 11.5 Å². The Morgan fingerprint density at radius 1 is 1.00 bits per heavy atom. The van der Waals surface area contributed by atoms with Crippen LogP contribution >= 0.6 is 53.0 Å². The molecule has 1 aromatic heterocycles. The molecule has 1 aromatic carbocycles. The second kappa shape index (κ2) is 6.60. The number of benzene rings is 1. The Morgan fingerprint density at radius 3 is 1.87 bits per heavy atom. The molecule has 2 rings (SSSR count). The monoisotopic (exact) mass is 550 g/mol. The number of hydrogen-bond acceptors (Lipinski definition) is 3. The van der Waals surface area contributed by atoms with Crippen molar-refractivity contribution in [2.45, 2.75) is 0 Å². The van der Waals surface area contributed by atoms with Crippen LogP contribution in [0.15, 0.2) is 44.3 Å². The van der Waals surface area contributed by atoms with Crippen LogP contribution in [-0.4, -0.2) is 13.7 Å². The average Bonchev–Trinajstić information content (AvgIpc) is 2.38. The Hall–Kier alpha value is 0.388. The predicted octanol–water partition coefficient (Wildman–Crippen LogP) is 3.59. The van der Waals surface area contributed by atoms with Crippen LogP contribution in [0.1, 0.15) is 0 Å². The Kier molecular flexibility index (Phi) is 6.15. The Balaban J connectivity index is 0.000000322. The standard InChI is InChI=1S/C11H11N2O3.6ClH.Sb/c1-12-9(8-6-4-3-5-7-8)16-11(15)13(2)10(12)14;;;;;;;/h3-7H,1-2H3;6*1H;/q+1;;;;;;;+5/p-6. The summed E-state index contributed by atoms with van der Waals surface area (Å²) < 4.78 is 7.30. The molecule has 0 radical (unpaired) electrons. The van der Waals surface area contributed by atoms with E-state index >= 15 is 0 Å². The van der Waals surface area contributed by atoms with E-state index in [1.165, 1.54) is 11.6 Å². The van der Waals surface area contributed by atoms with Gasteiger partial charge in [-0.15, -0.1) is 4.57 Å². The van der Waals surface area contributed by atoms with Gasteiger partial charge in [0.1, 0.15) is 0 Å². The van der Waals surface area contributed by atoms with Crippen molar-refractivity contribution in [1.29, 1.82) is 0 Å². The van der Waals surface area contributed by atoms with Crippen molar-refractivity contribution in [1.82, 2.24) is 4.57 Å². The van der Waals surface area contributed by atoms with Crippen LogP contribution in [0, 0.1) is 0 Å². The van der Waals surface area contributed by atoms with Gasteiger partial charge in [0.25, 0.3) is 0 Å². The molecule has 2 aromatic rings. The summed E-state index contributed by atoms with van der Waals surface area (Å²) in [6.45, 7) is 0. The molecule has 5 nitrogen and oxygen atoms in total. The van der Waals surface area contributed by atoms with Gasteiger partial charge < -0.3 is 4.42 Å². The third-order valence-corrected chi connectivity index (χ3v) is 2.36. The predicted molar refractivity (Wildman–Crippen MR) is 97.7 cm³/mol. The zero-order chi connectivity index (χ0) is 18.1. The van der Waals surface area contributed by atoms with E-state index in [-0.39, 0.29) is 5.89 Å². The summed E-state index contributed by atoms with van der Waals surface area (Å²) >= 11 is 0. The molecule has 23 heavy (non-hydrogen) atoms. The summed E-state index contributed by atoms with van der Waals surface area (Å²) in [6, 6.07) is 9.03. The van der Waals surface area contributed by atoms with Gasteiger partial charge in [-0.2, -0.15) is 14.2 Å².